The molecule has 0 bridgehead atoms. The Hall–Kier alpha value is -4.45. The summed E-state index contributed by atoms with van der Waals surface area (Å²) < 4.78 is 7.68. The summed E-state index contributed by atoms with van der Waals surface area (Å²) >= 11 is 0. The van der Waals surface area contributed by atoms with E-state index in [-0.39, 0.29) is 18.4 Å². The van der Waals surface area contributed by atoms with Crippen LogP contribution in [0, 0.1) is 11.3 Å². The number of carbonyl (C=O) groups is 1. The zero-order valence-corrected chi connectivity index (χ0v) is 18.5. The molecule has 2 N–H and O–H groups in total. The lowest BCUT2D eigenvalue weighted by Gasteiger charge is -2.23. The molecule has 2 aromatic heterocycles. The predicted molar refractivity (Wildman–Crippen MR) is 127 cm³/mol. The van der Waals surface area contributed by atoms with E-state index in [2.05, 4.69) is 9.97 Å². The highest BCUT2D eigenvalue weighted by Gasteiger charge is 2.30. The van der Waals surface area contributed by atoms with Gasteiger partial charge in [0, 0.05) is 12.1 Å². The van der Waals surface area contributed by atoms with E-state index in [9.17, 15) is 4.79 Å². The van der Waals surface area contributed by atoms with Gasteiger partial charge in [0.15, 0.2) is 5.65 Å². The molecule has 1 aliphatic rings. The van der Waals surface area contributed by atoms with Gasteiger partial charge < -0.3 is 15.4 Å². The van der Waals surface area contributed by atoms with Crippen LogP contribution in [-0.2, 0) is 11.3 Å². The van der Waals surface area contributed by atoms with Crippen molar-refractivity contribution in [1.82, 2.24) is 24.6 Å². The zero-order chi connectivity index (χ0) is 23.5. The molecular weight excluding hydrogens is 430 g/mol. The summed E-state index contributed by atoms with van der Waals surface area (Å²) in [4.78, 5) is 22.8. The first-order chi connectivity index (χ1) is 16.6. The van der Waals surface area contributed by atoms with Gasteiger partial charge in [-0.3, -0.25) is 4.79 Å². The summed E-state index contributed by atoms with van der Waals surface area (Å²) in [7, 11) is 0. The minimum Gasteiger partial charge on any atom is -0.457 e. The number of para-hydroxylation sites is 1. The van der Waals surface area contributed by atoms with E-state index in [1.807, 2.05) is 60.7 Å². The molecule has 3 heterocycles. The number of carbonyl (C=O) groups excluding carboxylic acids is 1. The fraction of sp³-hybridized carbons (Fsp3) is 0.240. The minimum absolute atomic E-state index is 0.0466. The highest BCUT2D eigenvalue weighted by atomic mass is 16.5. The lowest BCUT2D eigenvalue weighted by Crippen LogP contribution is -2.38. The van der Waals surface area contributed by atoms with Gasteiger partial charge in [-0.1, -0.05) is 18.2 Å². The fourth-order valence-electron chi connectivity index (χ4n) is 4.39. The van der Waals surface area contributed by atoms with Gasteiger partial charge in [0.1, 0.15) is 35.8 Å². The van der Waals surface area contributed by atoms with Crippen LogP contribution < -0.4 is 10.5 Å². The Kier molecular flexibility index (Phi) is 5.79. The number of ether oxygens (including phenoxy) is 1. The molecule has 1 saturated heterocycles. The molecule has 1 fully saturated rings. The van der Waals surface area contributed by atoms with Crippen LogP contribution in [0.4, 0.5) is 5.82 Å². The van der Waals surface area contributed by atoms with Gasteiger partial charge in [0.05, 0.1) is 24.0 Å². The molecule has 0 radical (unpaired) electrons. The van der Waals surface area contributed by atoms with Gasteiger partial charge in [0.25, 0.3) is 0 Å². The van der Waals surface area contributed by atoms with Gasteiger partial charge in [0.2, 0.25) is 5.91 Å². The van der Waals surface area contributed by atoms with Crippen LogP contribution in [-0.4, -0.2) is 43.1 Å². The van der Waals surface area contributed by atoms with Crippen molar-refractivity contribution in [1.29, 1.82) is 5.26 Å². The number of likely N-dealkylation sites (tertiary alicyclic amines) is 1. The van der Waals surface area contributed by atoms with E-state index in [1.54, 1.807) is 9.58 Å². The Labute approximate surface area is 196 Å². The molecule has 1 amide bonds. The molecule has 2 aromatic carbocycles. The normalized spacial score (nSPS) is 15.4. The standard InChI is InChI=1S/C25H23N7O2/c26-13-12-21(33)31-14-4-5-18(31)15-32-25-22(24(27)28-16-29-25)23(30-32)17-8-10-20(11-9-17)34-19-6-2-1-3-7-19/h1-3,6-11,16,18H,4-5,12,14-15H2,(H2,27,28,29). The quantitative estimate of drug-likeness (QED) is 0.471. The smallest absolute Gasteiger partial charge is 0.237 e. The maximum absolute atomic E-state index is 12.4. The fourth-order valence-corrected chi connectivity index (χ4v) is 4.39. The van der Waals surface area contributed by atoms with Crippen LogP contribution in [0.1, 0.15) is 19.3 Å². The average Bonchev–Trinajstić information content (AvgIpc) is 3.47. The Morgan fingerprint density at radius 1 is 1.12 bits per heavy atom. The zero-order valence-electron chi connectivity index (χ0n) is 18.5. The first kappa shape index (κ1) is 21.4. The van der Waals surface area contributed by atoms with Crippen molar-refractivity contribution >= 4 is 22.8 Å². The number of hydrogen-bond acceptors (Lipinski definition) is 7. The molecule has 1 unspecified atom stereocenters. The Bertz CT molecular complexity index is 1360. The van der Waals surface area contributed by atoms with E-state index in [0.29, 0.717) is 41.4 Å². The van der Waals surface area contributed by atoms with Crippen molar-refractivity contribution in [3.8, 4) is 28.8 Å². The third-order valence-corrected chi connectivity index (χ3v) is 5.98. The van der Waals surface area contributed by atoms with Crippen LogP contribution in [0.3, 0.4) is 0 Å². The van der Waals surface area contributed by atoms with Crippen molar-refractivity contribution in [3.05, 3.63) is 60.9 Å². The third-order valence-electron chi connectivity index (χ3n) is 5.98. The van der Waals surface area contributed by atoms with Crippen molar-refractivity contribution in [2.75, 3.05) is 12.3 Å². The van der Waals surface area contributed by atoms with E-state index in [1.165, 1.54) is 6.33 Å². The summed E-state index contributed by atoms with van der Waals surface area (Å²) in [5.74, 6) is 1.67. The lowest BCUT2D eigenvalue weighted by molar-refractivity contribution is -0.131. The molecular formula is C25H23N7O2. The Morgan fingerprint density at radius 2 is 1.88 bits per heavy atom. The van der Waals surface area contributed by atoms with Crippen molar-refractivity contribution < 1.29 is 9.53 Å². The first-order valence-corrected chi connectivity index (χ1v) is 11.1. The molecule has 9 nitrogen and oxygen atoms in total. The monoisotopic (exact) mass is 453 g/mol. The van der Waals surface area contributed by atoms with Crippen LogP contribution >= 0.6 is 0 Å². The number of aromatic nitrogens is 4. The van der Waals surface area contributed by atoms with Crippen LogP contribution in [0.25, 0.3) is 22.3 Å². The number of benzene rings is 2. The predicted octanol–water partition coefficient (Wildman–Crippen LogP) is 3.77. The SMILES string of the molecule is N#CCC(=O)N1CCCC1Cn1nc(-c2ccc(Oc3ccccc3)cc2)c2c(N)ncnc21. The number of nitrogens with two attached hydrogens (primary N) is 1. The molecule has 5 rings (SSSR count). The number of rotatable bonds is 6. The molecule has 4 aromatic rings. The Morgan fingerprint density at radius 3 is 2.65 bits per heavy atom. The van der Waals surface area contributed by atoms with Gasteiger partial charge >= 0.3 is 0 Å². The summed E-state index contributed by atoms with van der Waals surface area (Å²) in [5, 5.41) is 14.4. The highest BCUT2D eigenvalue weighted by molar-refractivity contribution is 5.98. The van der Waals surface area contributed by atoms with Gasteiger partial charge in [-0.15, -0.1) is 0 Å². The summed E-state index contributed by atoms with van der Waals surface area (Å²) in [6.07, 6.45) is 3.05. The number of hydrogen-bond donors (Lipinski definition) is 1. The maximum Gasteiger partial charge on any atom is 0.237 e. The topological polar surface area (TPSA) is 123 Å². The van der Waals surface area contributed by atoms with E-state index in [0.717, 1.165) is 24.2 Å². The number of nitrogens with zero attached hydrogens (tertiary/aromatic N) is 6. The second-order valence-electron chi connectivity index (χ2n) is 8.15. The van der Waals surface area contributed by atoms with Gasteiger partial charge in [-0.05, 0) is 49.2 Å². The average molecular weight is 454 g/mol. The molecule has 0 spiro atoms. The summed E-state index contributed by atoms with van der Waals surface area (Å²) in [6.45, 7) is 1.12. The number of amides is 1. The largest absolute Gasteiger partial charge is 0.457 e. The second kappa shape index (κ2) is 9.19. The molecule has 0 aliphatic carbocycles. The number of nitriles is 1. The second-order valence-corrected chi connectivity index (χ2v) is 8.15. The highest BCUT2D eigenvalue weighted by Crippen LogP contribution is 2.33. The van der Waals surface area contributed by atoms with Crippen molar-refractivity contribution in [2.24, 2.45) is 0 Å². The first-order valence-electron chi connectivity index (χ1n) is 11.1. The molecule has 0 saturated carbocycles. The van der Waals surface area contributed by atoms with Gasteiger partial charge in [-0.25, -0.2) is 14.6 Å². The summed E-state index contributed by atoms with van der Waals surface area (Å²) in [5.41, 5.74) is 8.38. The molecule has 1 aliphatic heterocycles. The molecule has 170 valence electrons. The van der Waals surface area contributed by atoms with Crippen LogP contribution in [0.2, 0.25) is 0 Å². The third kappa shape index (κ3) is 4.13. The summed E-state index contributed by atoms with van der Waals surface area (Å²) in [6, 6.07) is 19.1. The lowest BCUT2D eigenvalue weighted by atomic mass is 10.1. The van der Waals surface area contributed by atoms with Crippen molar-refractivity contribution in [2.45, 2.75) is 31.8 Å². The Balaban J connectivity index is 1.46. The number of anilines is 1. The molecule has 9 heteroatoms. The van der Waals surface area contributed by atoms with Gasteiger partial charge in [-0.2, -0.15) is 10.4 Å². The minimum atomic E-state index is -0.148. The van der Waals surface area contributed by atoms with E-state index in [4.69, 9.17) is 20.8 Å². The maximum atomic E-state index is 12.4. The van der Waals surface area contributed by atoms with E-state index >= 15 is 0 Å². The number of nitrogen functional groups attached to an aromatic ring is 1. The van der Waals surface area contributed by atoms with Crippen LogP contribution in [0.15, 0.2) is 60.9 Å². The van der Waals surface area contributed by atoms with Crippen molar-refractivity contribution in [3.63, 3.8) is 0 Å². The number of fused-ring (bicyclic) bond motifs is 1. The van der Waals surface area contributed by atoms with Crippen LogP contribution in [0.5, 0.6) is 11.5 Å². The molecule has 1 atom stereocenters. The molecule has 34 heavy (non-hydrogen) atoms. The van der Waals surface area contributed by atoms with E-state index < -0.39 is 0 Å².